The number of hydrogen-bond acceptors (Lipinski definition) is 5. The van der Waals surface area contributed by atoms with Gasteiger partial charge in [-0.05, 0) is 31.9 Å². The number of aromatic nitrogens is 1. The summed E-state index contributed by atoms with van der Waals surface area (Å²) in [5, 5.41) is 0. The molecule has 1 aromatic heterocycles. The zero-order chi connectivity index (χ0) is 19.4. The minimum atomic E-state index is -3.44. The second-order valence-corrected chi connectivity index (χ2v) is 9.48. The van der Waals surface area contributed by atoms with Gasteiger partial charge in [0.2, 0.25) is 10.0 Å². The average molecular weight is 412 g/mol. The maximum Gasteiger partial charge on any atom is 0.266 e. The molecule has 1 amide bonds. The highest BCUT2D eigenvalue weighted by molar-refractivity contribution is 7.88. The number of ether oxygens (including phenoxy) is 1. The zero-order valence-corrected chi connectivity index (χ0v) is 17.3. The number of amides is 1. The zero-order valence-electron chi connectivity index (χ0n) is 15.6. The lowest BCUT2D eigenvalue weighted by molar-refractivity contribution is -0.122. The molecule has 2 aromatic rings. The molecule has 1 aliphatic heterocycles. The lowest BCUT2D eigenvalue weighted by Crippen LogP contribution is -2.47. The van der Waals surface area contributed by atoms with E-state index in [1.54, 1.807) is 0 Å². The Bertz CT molecular complexity index is 978. The van der Waals surface area contributed by atoms with E-state index in [1.165, 1.54) is 15.6 Å². The molecule has 27 heavy (non-hydrogen) atoms. The number of piperidine rings is 1. The van der Waals surface area contributed by atoms with Crippen molar-refractivity contribution in [2.75, 3.05) is 26.0 Å². The molecule has 2 heterocycles. The van der Waals surface area contributed by atoms with Gasteiger partial charge in [-0.3, -0.25) is 4.79 Å². The molecule has 148 valence electrons. The minimum absolute atomic E-state index is 0.377. The summed E-state index contributed by atoms with van der Waals surface area (Å²) in [6, 6.07) is 7.17. The van der Waals surface area contributed by atoms with Crippen LogP contribution in [0.25, 0.3) is 10.2 Å². The van der Waals surface area contributed by atoms with Crippen LogP contribution in [0, 0.1) is 0 Å². The molecule has 1 aromatic carbocycles. The van der Waals surface area contributed by atoms with Crippen molar-refractivity contribution in [1.29, 1.82) is 0 Å². The topological polar surface area (TPSA) is 81.0 Å². The fourth-order valence-electron chi connectivity index (χ4n) is 3.34. The monoisotopic (exact) mass is 411 g/mol. The van der Waals surface area contributed by atoms with Crippen molar-refractivity contribution >= 4 is 37.5 Å². The summed E-state index contributed by atoms with van der Waals surface area (Å²) < 4.78 is 33.9. The molecule has 1 aliphatic rings. The third-order valence-electron chi connectivity index (χ3n) is 4.62. The molecule has 3 rings (SSSR count). The number of hydrogen-bond donors (Lipinski definition) is 0. The van der Waals surface area contributed by atoms with E-state index in [0.717, 1.165) is 29.3 Å². The van der Waals surface area contributed by atoms with E-state index in [2.05, 4.69) is 4.99 Å². The summed E-state index contributed by atoms with van der Waals surface area (Å²) in [6.45, 7) is 4.05. The van der Waals surface area contributed by atoms with Gasteiger partial charge < -0.3 is 9.30 Å². The number of nitrogens with zero attached hydrogens (tertiary/aromatic N) is 3. The van der Waals surface area contributed by atoms with Crippen molar-refractivity contribution in [3.63, 3.8) is 0 Å². The Balaban J connectivity index is 1.98. The van der Waals surface area contributed by atoms with Crippen molar-refractivity contribution in [3.8, 4) is 0 Å². The molecule has 1 atom stereocenters. The molecule has 0 bridgehead atoms. The van der Waals surface area contributed by atoms with Gasteiger partial charge in [-0.1, -0.05) is 29.9 Å². The minimum Gasteiger partial charge on any atom is -0.380 e. The number of para-hydroxylation sites is 1. The highest BCUT2D eigenvalue weighted by Gasteiger charge is 2.34. The molecule has 0 aliphatic carbocycles. The predicted octanol–water partition coefficient (Wildman–Crippen LogP) is 1.98. The van der Waals surface area contributed by atoms with E-state index < -0.39 is 22.0 Å². The lowest BCUT2D eigenvalue weighted by atomic mass is 10.0. The van der Waals surface area contributed by atoms with E-state index in [9.17, 15) is 13.2 Å². The Morgan fingerprint density at radius 3 is 2.85 bits per heavy atom. The van der Waals surface area contributed by atoms with Crippen LogP contribution >= 0.6 is 11.3 Å². The van der Waals surface area contributed by atoms with Gasteiger partial charge >= 0.3 is 0 Å². The number of benzene rings is 1. The van der Waals surface area contributed by atoms with Crippen LogP contribution in [-0.4, -0.2) is 55.3 Å². The van der Waals surface area contributed by atoms with E-state index in [4.69, 9.17) is 4.74 Å². The van der Waals surface area contributed by atoms with Crippen molar-refractivity contribution in [2.45, 2.75) is 38.8 Å². The largest absolute Gasteiger partial charge is 0.380 e. The number of fused-ring (bicyclic) bond motifs is 1. The summed E-state index contributed by atoms with van der Waals surface area (Å²) in [5.41, 5.74) is 0.998. The Hall–Kier alpha value is -1.55. The van der Waals surface area contributed by atoms with Crippen LogP contribution in [0.3, 0.4) is 0 Å². The van der Waals surface area contributed by atoms with Crippen molar-refractivity contribution in [3.05, 3.63) is 29.1 Å². The standard InChI is InChI=1S/C18H25N3O4S2/c1-3-25-13-12-20-14-8-4-5-10-16(14)26-18(20)19-17(22)15-9-6-7-11-21(15)27(2,23)24/h4-5,8,10,15H,3,6-7,9,11-13H2,1-2H3. The molecule has 1 unspecified atom stereocenters. The SMILES string of the molecule is CCOCCn1c(=NC(=O)C2CCCCN2S(C)(=O)=O)sc2ccccc21. The smallest absolute Gasteiger partial charge is 0.266 e. The second-order valence-electron chi connectivity index (χ2n) is 6.54. The van der Waals surface area contributed by atoms with E-state index in [1.807, 2.05) is 35.8 Å². The third-order valence-corrected chi connectivity index (χ3v) is 6.97. The maximum atomic E-state index is 12.9. The van der Waals surface area contributed by atoms with Crippen molar-refractivity contribution in [2.24, 2.45) is 4.99 Å². The number of carbonyl (C=O) groups is 1. The van der Waals surface area contributed by atoms with Gasteiger partial charge in [0.05, 0.1) is 23.1 Å². The van der Waals surface area contributed by atoms with Crippen molar-refractivity contribution < 1.29 is 17.9 Å². The molecule has 0 spiro atoms. The van der Waals surface area contributed by atoms with Gasteiger partial charge in [0.1, 0.15) is 6.04 Å². The van der Waals surface area contributed by atoms with E-state index >= 15 is 0 Å². The molecule has 0 saturated carbocycles. The van der Waals surface area contributed by atoms with Crippen LogP contribution in [0.5, 0.6) is 0 Å². The molecular formula is C18H25N3O4S2. The first kappa shape index (κ1) is 20.2. The Morgan fingerprint density at radius 1 is 1.33 bits per heavy atom. The number of carbonyl (C=O) groups excluding carboxylic acids is 1. The molecule has 1 saturated heterocycles. The number of sulfonamides is 1. The van der Waals surface area contributed by atoms with Crippen molar-refractivity contribution in [1.82, 2.24) is 8.87 Å². The van der Waals surface area contributed by atoms with Crippen LogP contribution in [-0.2, 0) is 26.1 Å². The second kappa shape index (κ2) is 8.64. The fraction of sp³-hybridized carbons (Fsp3) is 0.556. The van der Waals surface area contributed by atoms with Crippen LogP contribution in [0.4, 0.5) is 0 Å². The quantitative estimate of drug-likeness (QED) is 0.681. The normalized spacial score (nSPS) is 19.6. The number of thiazole rings is 1. The summed E-state index contributed by atoms with van der Waals surface area (Å²) in [7, 11) is -3.44. The van der Waals surface area contributed by atoms with Crippen LogP contribution in [0.2, 0.25) is 0 Å². The fourth-order valence-corrected chi connectivity index (χ4v) is 5.52. The average Bonchev–Trinajstić information content (AvgIpc) is 2.98. The molecular weight excluding hydrogens is 386 g/mol. The summed E-state index contributed by atoms with van der Waals surface area (Å²) >= 11 is 1.43. The van der Waals surface area contributed by atoms with E-state index in [-0.39, 0.29) is 0 Å². The first-order chi connectivity index (χ1) is 12.9. The van der Waals surface area contributed by atoms with Gasteiger partial charge in [0.15, 0.2) is 4.80 Å². The first-order valence-corrected chi connectivity index (χ1v) is 11.8. The van der Waals surface area contributed by atoms with Crippen LogP contribution in [0.15, 0.2) is 29.3 Å². The maximum absolute atomic E-state index is 12.9. The number of rotatable bonds is 6. The highest BCUT2D eigenvalue weighted by atomic mass is 32.2. The van der Waals surface area contributed by atoms with Gasteiger partial charge in [-0.25, -0.2) is 8.42 Å². The molecule has 1 fully saturated rings. The predicted molar refractivity (Wildman–Crippen MR) is 106 cm³/mol. The molecule has 0 N–H and O–H groups in total. The Kier molecular flexibility index (Phi) is 6.46. The van der Waals surface area contributed by atoms with Gasteiger partial charge in [0.25, 0.3) is 5.91 Å². The van der Waals surface area contributed by atoms with Crippen LogP contribution in [0.1, 0.15) is 26.2 Å². The van der Waals surface area contributed by atoms with Crippen LogP contribution < -0.4 is 4.80 Å². The summed E-state index contributed by atoms with van der Waals surface area (Å²) in [5.74, 6) is -0.392. The third kappa shape index (κ3) is 4.66. The Morgan fingerprint density at radius 2 is 2.11 bits per heavy atom. The lowest BCUT2D eigenvalue weighted by Gasteiger charge is -2.31. The Labute approximate surface area is 163 Å². The van der Waals surface area contributed by atoms with Gasteiger partial charge in [0, 0.05) is 19.7 Å². The molecule has 9 heteroatoms. The van der Waals surface area contributed by atoms with Gasteiger partial charge in [-0.15, -0.1) is 0 Å². The molecule has 7 nitrogen and oxygen atoms in total. The summed E-state index contributed by atoms with van der Waals surface area (Å²) in [6.07, 6.45) is 3.27. The highest BCUT2D eigenvalue weighted by Crippen LogP contribution is 2.21. The molecule has 0 radical (unpaired) electrons. The van der Waals surface area contributed by atoms with Gasteiger partial charge in [-0.2, -0.15) is 9.30 Å². The first-order valence-electron chi connectivity index (χ1n) is 9.13. The summed E-state index contributed by atoms with van der Waals surface area (Å²) in [4.78, 5) is 17.8. The van der Waals surface area contributed by atoms with E-state index in [0.29, 0.717) is 37.5 Å².